The number of carbonyl (C=O) groups excluding carboxylic acids is 1. The molecule has 0 spiro atoms. The van der Waals surface area contributed by atoms with Gasteiger partial charge in [-0.25, -0.2) is 9.18 Å². The Bertz CT molecular complexity index is 877. The average Bonchev–Trinajstić information content (AvgIpc) is 2.68. The first-order valence-corrected chi connectivity index (χ1v) is 10.0. The van der Waals surface area contributed by atoms with Gasteiger partial charge in [-0.1, -0.05) is 48.0 Å². The molecule has 2 bridgehead atoms. The summed E-state index contributed by atoms with van der Waals surface area (Å²) in [5.74, 6) is -0.192. The van der Waals surface area contributed by atoms with E-state index in [0.717, 1.165) is 48.8 Å². The van der Waals surface area contributed by atoms with Gasteiger partial charge >= 0.3 is 6.09 Å². The molecule has 0 aromatic heterocycles. The lowest BCUT2D eigenvalue weighted by Gasteiger charge is -2.44. The molecule has 2 atom stereocenters. The van der Waals surface area contributed by atoms with Crippen molar-refractivity contribution in [2.75, 3.05) is 0 Å². The largest absolute Gasteiger partial charge is 0.445 e. The number of hydrogen-bond donors (Lipinski definition) is 0. The lowest BCUT2D eigenvalue weighted by Crippen LogP contribution is -2.52. The molecule has 1 saturated heterocycles. The zero-order chi connectivity index (χ0) is 19.5. The predicted molar refractivity (Wildman–Crippen MR) is 107 cm³/mol. The summed E-state index contributed by atoms with van der Waals surface area (Å²) < 4.78 is 19.0. The molecule has 2 aromatic carbocycles. The van der Waals surface area contributed by atoms with Crippen LogP contribution in [0.1, 0.15) is 42.4 Å². The molecule has 28 heavy (non-hydrogen) atoms. The fraction of sp³-hybridized carbons (Fsp3) is 0.375. The number of halogens is 1. The fourth-order valence-electron chi connectivity index (χ4n) is 4.43. The van der Waals surface area contributed by atoms with E-state index in [4.69, 9.17) is 4.74 Å². The number of nitrogens with zero attached hydrogens (tertiary/aromatic N) is 1. The summed E-state index contributed by atoms with van der Waals surface area (Å²) in [5.41, 5.74) is 4.49. The Labute approximate surface area is 165 Å². The second-order valence-electron chi connectivity index (χ2n) is 7.88. The van der Waals surface area contributed by atoms with E-state index in [9.17, 15) is 9.18 Å². The number of carbonyl (C=O) groups is 1. The van der Waals surface area contributed by atoms with E-state index in [-0.39, 0.29) is 24.0 Å². The van der Waals surface area contributed by atoms with Crippen molar-refractivity contribution < 1.29 is 13.9 Å². The monoisotopic (exact) mass is 379 g/mol. The standard InChI is InChI=1S/C24H26FNO2/c1-17-12-21(25)11-10-20(17)13-19-14-22-8-5-9-23(15-19)26(22)24(27)28-16-18-6-3-2-4-7-18/h2-4,6-7,10-12,14,22-23H,5,8-9,13,15-16H2,1H3. The van der Waals surface area contributed by atoms with Crippen molar-refractivity contribution in [1.29, 1.82) is 0 Å². The second kappa shape index (κ2) is 8.17. The molecule has 2 aliphatic rings. The normalized spacial score (nSPS) is 21.2. The molecular weight excluding hydrogens is 353 g/mol. The van der Waals surface area contributed by atoms with Crippen LogP contribution >= 0.6 is 0 Å². The first-order chi connectivity index (χ1) is 13.6. The summed E-state index contributed by atoms with van der Waals surface area (Å²) >= 11 is 0. The van der Waals surface area contributed by atoms with E-state index in [1.54, 1.807) is 6.07 Å². The minimum absolute atomic E-state index is 0.103. The first-order valence-electron chi connectivity index (χ1n) is 10.0. The average molecular weight is 379 g/mol. The third-order valence-electron chi connectivity index (χ3n) is 5.85. The van der Waals surface area contributed by atoms with Gasteiger partial charge in [-0.2, -0.15) is 0 Å². The zero-order valence-electron chi connectivity index (χ0n) is 16.2. The Balaban J connectivity index is 1.45. The quantitative estimate of drug-likeness (QED) is 0.650. The lowest BCUT2D eigenvalue weighted by molar-refractivity contribution is 0.0481. The zero-order valence-corrected chi connectivity index (χ0v) is 16.2. The molecule has 2 heterocycles. The molecule has 3 nitrogen and oxygen atoms in total. The van der Waals surface area contributed by atoms with Crippen molar-refractivity contribution in [2.24, 2.45) is 0 Å². The molecule has 4 rings (SSSR count). The van der Waals surface area contributed by atoms with Crippen molar-refractivity contribution in [3.8, 4) is 0 Å². The summed E-state index contributed by atoms with van der Waals surface area (Å²) in [5, 5.41) is 0. The van der Waals surface area contributed by atoms with Gasteiger partial charge in [-0.15, -0.1) is 0 Å². The maximum absolute atomic E-state index is 13.4. The van der Waals surface area contributed by atoms with E-state index in [0.29, 0.717) is 6.61 Å². The van der Waals surface area contributed by atoms with Crippen LogP contribution in [-0.4, -0.2) is 23.1 Å². The van der Waals surface area contributed by atoms with Crippen LogP contribution in [0.3, 0.4) is 0 Å². The van der Waals surface area contributed by atoms with Crippen molar-refractivity contribution >= 4 is 6.09 Å². The molecule has 1 amide bonds. The number of amides is 1. The van der Waals surface area contributed by atoms with Gasteiger partial charge in [-0.3, -0.25) is 4.90 Å². The number of fused-ring (bicyclic) bond motifs is 2. The molecule has 0 N–H and O–H groups in total. The Kier molecular flexibility index (Phi) is 5.47. The summed E-state index contributed by atoms with van der Waals surface area (Å²) in [6.07, 6.45) is 6.84. The molecule has 0 radical (unpaired) electrons. The lowest BCUT2D eigenvalue weighted by atomic mass is 9.83. The highest BCUT2D eigenvalue weighted by Crippen LogP contribution is 2.35. The van der Waals surface area contributed by atoms with Crippen LogP contribution in [0.25, 0.3) is 0 Å². The van der Waals surface area contributed by atoms with Crippen LogP contribution in [0.2, 0.25) is 0 Å². The van der Waals surface area contributed by atoms with Crippen molar-refractivity contribution in [3.05, 3.63) is 82.7 Å². The molecule has 4 heteroatoms. The van der Waals surface area contributed by atoms with Crippen LogP contribution in [0.4, 0.5) is 9.18 Å². The Morgan fingerprint density at radius 2 is 2.00 bits per heavy atom. The smallest absolute Gasteiger partial charge is 0.410 e. The van der Waals surface area contributed by atoms with Gasteiger partial charge < -0.3 is 4.74 Å². The third-order valence-corrected chi connectivity index (χ3v) is 5.85. The maximum Gasteiger partial charge on any atom is 0.410 e. The SMILES string of the molecule is Cc1cc(F)ccc1CC1=CC2CCCC(C1)N2C(=O)OCc1ccccc1. The molecular formula is C24H26FNO2. The fourth-order valence-corrected chi connectivity index (χ4v) is 4.43. The van der Waals surface area contributed by atoms with Crippen LogP contribution in [0.5, 0.6) is 0 Å². The van der Waals surface area contributed by atoms with Crippen LogP contribution < -0.4 is 0 Å². The molecule has 2 aromatic rings. The summed E-state index contributed by atoms with van der Waals surface area (Å²) in [6.45, 7) is 2.26. The van der Waals surface area contributed by atoms with Gasteiger partial charge in [0, 0.05) is 6.04 Å². The summed E-state index contributed by atoms with van der Waals surface area (Å²) in [4.78, 5) is 14.7. The Morgan fingerprint density at radius 1 is 1.18 bits per heavy atom. The highest BCUT2D eigenvalue weighted by Gasteiger charge is 2.37. The number of ether oxygens (including phenoxy) is 1. The number of benzene rings is 2. The van der Waals surface area contributed by atoms with E-state index in [1.165, 1.54) is 11.6 Å². The number of rotatable bonds is 4. The van der Waals surface area contributed by atoms with Crippen molar-refractivity contribution in [1.82, 2.24) is 4.90 Å². The topological polar surface area (TPSA) is 29.5 Å². The minimum Gasteiger partial charge on any atom is -0.445 e. The van der Waals surface area contributed by atoms with E-state index >= 15 is 0 Å². The van der Waals surface area contributed by atoms with Crippen LogP contribution in [-0.2, 0) is 17.8 Å². The molecule has 146 valence electrons. The molecule has 2 unspecified atom stereocenters. The van der Waals surface area contributed by atoms with Gasteiger partial charge in [0.25, 0.3) is 0 Å². The molecule has 0 saturated carbocycles. The third kappa shape index (κ3) is 4.11. The van der Waals surface area contributed by atoms with Crippen LogP contribution in [0.15, 0.2) is 60.2 Å². The van der Waals surface area contributed by atoms with Gasteiger partial charge in [-0.05, 0) is 67.9 Å². The van der Waals surface area contributed by atoms with Gasteiger partial charge in [0.1, 0.15) is 12.4 Å². The highest BCUT2D eigenvalue weighted by atomic mass is 19.1. The van der Waals surface area contributed by atoms with E-state index < -0.39 is 0 Å². The van der Waals surface area contributed by atoms with Crippen molar-refractivity contribution in [2.45, 2.75) is 57.7 Å². The van der Waals surface area contributed by atoms with Gasteiger partial charge in [0.05, 0.1) is 6.04 Å². The number of aryl methyl sites for hydroxylation is 1. The summed E-state index contributed by atoms with van der Waals surface area (Å²) in [6, 6.07) is 15.1. The first kappa shape index (κ1) is 18.7. The summed E-state index contributed by atoms with van der Waals surface area (Å²) in [7, 11) is 0. The maximum atomic E-state index is 13.4. The highest BCUT2D eigenvalue weighted by molar-refractivity contribution is 5.69. The minimum atomic E-state index is -0.216. The molecule has 0 aliphatic carbocycles. The Hall–Kier alpha value is -2.62. The predicted octanol–water partition coefficient (Wildman–Crippen LogP) is 5.57. The van der Waals surface area contributed by atoms with Gasteiger partial charge in [0.2, 0.25) is 0 Å². The Morgan fingerprint density at radius 3 is 2.75 bits per heavy atom. The van der Waals surface area contributed by atoms with Crippen LogP contribution in [0, 0.1) is 12.7 Å². The molecule has 1 fully saturated rings. The van der Waals surface area contributed by atoms with E-state index in [2.05, 4.69) is 6.08 Å². The van der Waals surface area contributed by atoms with E-state index in [1.807, 2.05) is 48.2 Å². The number of piperidine rings is 1. The molecule has 2 aliphatic heterocycles. The van der Waals surface area contributed by atoms with Gasteiger partial charge in [0.15, 0.2) is 0 Å². The second-order valence-corrected chi connectivity index (χ2v) is 7.88. The van der Waals surface area contributed by atoms with Crippen molar-refractivity contribution in [3.63, 3.8) is 0 Å². The number of hydrogen-bond acceptors (Lipinski definition) is 2.